The number of carbonyl (C=O) groups is 2. The predicted octanol–water partition coefficient (Wildman–Crippen LogP) is 4.27. The van der Waals surface area contributed by atoms with E-state index >= 15 is 0 Å². The number of nitrogens with one attached hydrogen (secondary N) is 2. The number of benzene rings is 2. The maximum atomic E-state index is 12.6. The average molecular weight is 499 g/mol. The van der Waals surface area contributed by atoms with Crippen molar-refractivity contribution in [2.45, 2.75) is 17.8 Å². The predicted molar refractivity (Wildman–Crippen MR) is 129 cm³/mol. The summed E-state index contributed by atoms with van der Waals surface area (Å²) in [7, 11) is 1.88. The molecule has 0 saturated carbocycles. The van der Waals surface area contributed by atoms with Gasteiger partial charge in [0, 0.05) is 29.0 Å². The number of thiazole rings is 1. The third-order valence-corrected chi connectivity index (χ3v) is 7.16. The maximum absolute atomic E-state index is 12.6. The minimum atomic E-state index is -0.427. The Kier molecular flexibility index (Phi) is 7.07. The van der Waals surface area contributed by atoms with Gasteiger partial charge in [-0.15, -0.1) is 21.5 Å². The zero-order valence-corrected chi connectivity index (χ0v) is 20.1. The molecule has 11 heteroatoms. The van der Waals surface area contributed by atoms with Crippen molar-refractivity contribution in [1.29, 1.82) is 0 Å². The van der Waals surface area contributed by atoms with Crippen LogP contribution in [0, 0.1) is 6.92 Å². The van der Waals surface area contributed by atoms with Gasteiger partial charge in [-0.2, -0.15) is 0 Å². The second-order valence-electron chi connectivity index (χ2n) is 7.06. The van der Waals surface area contributed by atoms with E-state index in [-0.39, 0.29) is 0 Å². The molecule has 0 spiro atoms. The van der Waals surface area contributed by atoms with Gasteiger partial charge in [-0.05, 0) is 36.8 Å². The number of amides is 2. The SMILES string of the molecule is Cc1nc(-c2cccc(Cl)c2)sc1C(=O)NNC(=O)c1ccc(CSc2nncn2C)cc1. The van der Waals surface area contributed by atoms with E-state index in [1.807, 2.05) is 35.9 Å². The van der Waals surface area contributed by atoms with Gasteiger partial charge in [0.2, 0.25) is 0 Å². The van der Waals surface area contributed by atoms with Crippen LogP contribution in [0.5, 0.6) is 0 Å². The highest BCUT2D eigenvalue weighted by atomic mass is 35.5. The van der Waals surface area contributed by atoms with E-state index in [9.17, 15) is 9.59 Å². The van der Waals surface area contributed by atoms with E-state index in [0.717, 1.165) is 16.3 Å². The lowest BCUT2D eigenvalue weighted by atomic mass is 10.1. The fraction of sp³-hybridized carbons (Fsp3) is 0.136. The smallest absolute Gasteiger partial charge is 0.281 e. The van der Waals surface area contributed by atoms with Gasteiger partial charge in [-0.25, -0.2) is 4.98 Å². The summed E-state index contributed by atoms with van der Waals surface area (Å²) >= 11 is 8.84. The number of rotatable bonds is 6. The highest BCUT2D eigenvalue weighted by Crippen LogP contribution is 2.29. The van der Waals surface area contributed by atoms with Crippen LogP contribution in [0.1, 0.15) is 31.3 Å². The van der Waals surface area contributed by atoms with Crippen LogP contribution in [-0.4, -0.2) is 31.6 Å². The van der Waals surface area contributed by atoms with Crippen molar-refractivity contribution in [3.05, 3.63) is 81.6 Å². The molecule has 2 aromatic carbocycles. The topological polar surface area (TPSA) is 102 Å². The first-order valence-corrected chi connectivity index (χ1v) is 12.0. The fourth-order valence-electron chi connectivity index (χ4n) is 2.90. The summed E-state index contributed by atoms with van der Waals surface area (Å²) in [6, 6.07) is 14.4. The summed E-state index contributed by atoms with van der Waals surface area (Å²) in [5.74, 6) is -0.137. The first-order chi connectivity index (χ1) is 15.9. The molecule has 0 aliphatic carbocycles. The number of carbonyl (C=O) groups excluding carboxylic acids is 2. The number of aryl methyl sites for hydroxylation is 2. The van der Waals surface area contributed by atoms with Gasteiger partial charge in [0.05, 0.1) is 5.69 Å². The number of hydrogen-bond acceptors (Lipinski definition) is 7. The Morgan fingerprint density at radius 1 is 1.12 bits per heavy atom. The van der Waals surface area contributed by atoms with Gasteiger partial charge >= 0.3 is 0 Å². The van der Waals surface area contributed by atoms with Crippen LogP contribution in [0.15, 0.2) is 60.0 Å². The number of thioether (sulfide) groups is 1. The number of hydrazine groups is 1. The molecule has 2 heterocycles. The Hall–Kier alpha value is -3.21. The van der Waals surface area contributed by atoms with Crippen molar-refractivity contribution in [1.82, 2.24) is 30.6 Å². The molecular formula is C22H19ClN6O2S2. The van der Waals surface area contributed by atoms with Gasteiger partial charge < -0.3 is 4.57 Å². The van der Waals surface area contributed by atoms with Crippen LogP contribution in [0.4, 0.5) is 0 Å². The highest BCUT2D eigenvalue weighted by Gasteiger charge is 2.17. The first kappa shape index (κ1) is 23.0. The molecule has 2 amide bonds. The normalized spacial score (nSPS) is 10.8. The molecule has 0 aliphatic rings. The Bertz CT molecular complexity index is 1300. The van der Waals surface area contributed by atoms with Gasteiger partial charge in [-0.1, -0.05) is 47.6 Å². The molecule has 2 N–H and O–H groups in total. The van der Waals surface area contributed by atoms with Gasteiger partial charge in [0.25, 0.3) is 11.8 Å². The average Bonchev–Trinajstić information content (AvgIpc) is 3.41. The lowest BCUT2D eigenvalue weighted by Crippen LogP contribution is -2.41. The number of halogens is 1. The van der Waals surface area contributed by atoms with Crippen molar-refractivity contribution < 1.29 is 9.59 Å². The highest BCUT2D eigenvalue weighted by molar-refractivity contribution is 7.98. The zero-order chi connectivity index (χ0) is 23.4. The molecule has 4 aromatic rings. The third-order valence-electron chi connectivity index (χ3n) is 4.62. The van der Waals surface area contributed by atoms with E-state index in [4.69, 9.17) is 11.6 Å². The Labute approximate surface area is 203 Å². The Balaban J connectivity index is 1.34. The summed E-state index contributed by atoms with van der Waals surface area (Å²) < 4.78 is 1.85. The van der Waals surface area contributed by atoms with Crippen molar-refractivity contribution in [3.63, 3.8) is 0 Å². The zero-order valence-electron chi connectivity index (χ0n) is 17.7. The van der Waals surface area contributed by atoms with Gasteiger partial charge in [0.15, 0.2) is 5.16 Å². The number of hydrogen-bond donors (Lipinski definition) is 2. The minimum absolute atomic E-state index is 0.409. The molecule has 0 unspecified atom stereocenters. The molecule has 2 aromatic heterocycles. The second-order valence-corrected chi connectivity index (χ2v) is 9.44. The van der Waals surface area contributed by atoms with Gasteiger partial charge in [-0.3, -0.25) is 20.4 Å². The Morgan fingerprint density at radius 3 is 2.58 bits per heavy atom. The summed E-state index contributed by atoms with van der Waals surface area (Å²) in [4.78, 5) is 29.9. The van der Waals surface area contributed by atoms with Crippen molar-refractivity contribution in [2.75, 3.05) is 0 Å². The summed E-state index contributed by atoms with van der Waals surface area (Å²) in [5.41, 5.74) is 7.80. The minimum Gasteiger partial charge on any atom is -0.312 e. The molecule has 168 valence electrons. The van der Waals surface area contributed by atoms with Gasteiger partial charge in [0.1, 0.15) is 16.2 Å². The molecule has 0 fully saturated rings. The van der Waals surface area contributed by atoms with E-state index < -0.39 is 11.8 Å². The van der Waals surface area contributed by atoms with E-state index in [1.165, 1.54) is 11.3 Å². The first-order valence-electron chi connectivity index (χ1n) is 9.80. The molecule has 4 rings (SSSR count). The fourth-order valence-corrected chi connectivity index (χ4v) is 4.89. The van der Waals surface area contributed by atoms with Crippen molar-refractivity contribution in [2.24, 2.45) is 7.05 Å². The largest absolute Gasteiger partial charge is 0.312 e. The van der Waals surface area contributed by atoms with E-state index in [0.29, 0.717) is 31.9 Å². The van der Waals surface area contributed by atoms with Crippen LogP contribution in [0.25, 0.3) is 10.6 Å². The molecule has 33 heavy (non-hydrogen) atoms. The summed E-state index contributed by atoms with van der Waals surface area (Å²) in [5, 5.41) is 9.97. The lowest BCUT2D eigenvalue weighted by Gasteiger charge is -2.07. The molecule has 0 bridgehead atoms. The lowest BCUT2D eigenvalue weighted by molar-refractivity contribution is 0.0848. The molecule has 0 radical (unpaired) electrons. The van der Waals surface area contributed by atoms with Crippen LogP contribution >= 0.6 is 34.7 Å². The second kappa shape index (κ2) is 10.2. The van der Waals surface area contributed by atoms with E-state index in [2.05, 4.69) is 26.0 Å². The number of nitrogens with zero attached hydrogens (tertiary/aromatic N) is 4. The monoisotopic (exact) mass is 498 g/mol. The molecule has 0 aliphatic heterocycles. The standard InChI is InChI=1S/C22H19ClN6O2S2/c1-13-18(33-21(25-13)16-4-3-5-17(23)10-16)20(31)27-26-19(30)15-8-6-14(7-9-15)11-32-22-28-24-12-29(22)2/h3-10,12H,11H2,1-2H3,(H,26,30)(H,27,31). The van der Waals surface area contributed by atoms with Crippen molar-refractivity contribution >= 4 is 46.5 Å². The third kappa shape index (κ3) is 5.59. The molecule has 8 nitrogen and oxygen atoms in total. The van der Waals surface area contributed by atoms with E-state index in [1.54, 1.807) is 49.3 Å². The number of aromatic nitrogens is 4. The van der Waals surface area contributed by atoms with Crippen LogP contribution in [0.3, 0.4) is 0 Å². The quantitative estimate of drug-likeness (QED) is 0.304. The van der Waals surface area contributed by atoms with Crippen molar-refractivity contribution in [3.8, 4) is 10.6 Å². The van der Waals surface area contributed by atoms with Crippen LogP contribution in [-0.2, 0) is 12.8 Å². The van der Waals surface area contributed by atoms with Crippen LogP contribution < -0.4 is 10.9 Å². The summed E-state index contributed by atoms with van der Waals surface area (Å²) in [6.07, 6.45) is 1.65. The molecular weight excluding hydrogens is 480 g/mol. The maximum Gasteiger partial charge on any atom is 0.281 e. The van der Waals surface area contributed by atoms with Crippen LogP contribution in [0.2, 0.25) is 5.02 Å². The Morgan fingerprint density at radius 2 is 1.88 bits per heavy atom. The molecule has 0 saturated heterocycles. The molecule has 0 atom stereocenters. The summed E-state index contributed by atoms with van der Waals surface area (Å²) in [6.45, 7) is 1.75.